The molecule has 1 aromatic carbocycles. The van der Waals surface area contributed by atoms with Crippen LogP contribution in [0, 0.1) is 6.92 Å². The Kier molecular flexibility index (Phi) is 9.49. The molecule has 1 atom stereocenters. The predicted molar refractivity (Wildman–Crippen MR) is 139 cm³/mol. The lowest BCUT2D eigenvalue weighted by Crippen LogP contribution is -2.37. The maximum Gasteiger partial charge on any atom is 0.191 e. The SMILES string of the molecule is CCNC(=NCc1ccnc(-n2cccn2)c1)NCc1ccc(C)cc1OC1CCOC1.I. The van der Waals surface area contributed by atoms with Crippen LogP contribution in [0.15, 0.2) is 60.0 Å². The molecule has 0 saturated carbocycles. The number of nitrogens with zero attached hydrogens (tertiary/aromatic N) is 4. The van der Waals surface area contributed by atoms with Crippen molar-refractivity contribution in [2.24, 2.45) is 4.99 Å². The number of pyridine rings is 1. The molecular formula is C24H31IN6O2. The molecule has 1 aliphatic heterocycles. The summed E-state index contributed by atoms with van der Waals surface area (Å²) in [7, 11) is 0. The van der Waals surface area contributed by atoms with E-state index < -0.39 is 0 Å². The number of hydrogen-bond donors (Lipinski definition) is 2. The van der Waals surface area contributed by atoms with Crippen molar-refractivity contribution in [3.05, 3.63) is 71.7 Å². The van der Waals surface area contributed by atoms with Gasteiger partial charge in [0, 0.05) is 43.7 Å². The number of nitrogens with one attached hydrogen (secondary N) is 2. The average Bonchev–Trinajstić information content (AvgIpc) is 3.51. The smallest absolute Gasteiger partial charge is 0.191 e. The van der Waals surface area contributed by atoms with Gasteiger partial charge in [0.25, 0.3) is 0 Å². The van der Waals surface area contributed by atoms with E-state index in [0.29, 0.717) is 19.7 Å². The second-order valence-electron chi connectivity index (χ2n) is 7.74. The summed E-state index contributed by atoms with van der Waals surface area (Å²) in [5.74, 6) is 2.43. The highest BCUT2D eigenvalue weighted by Crippen LogP contribution is 2.23. The van der Waals surface area contributed by atoms with Crippen LogP contribution in [-0.2, 0) is 17.8 Å². The van der Waals surface area contributed by atoms with Gasteiger partial charge in [-0.2, -0.15) is 5.10 Å². The minimum atomic E-state index is 0. The molecule has 1 aliphatic rings. The summed E-state index contributed by atoms with van der Waals surface area (Å²) >= 11 is 0. The maximum absolute atomic E-state index is 6.22. The molecule has 2 aromatic heterocycles. The van der Waals surface area contributed by atoms with Gasteiger partial charge in [0.15, 0.2) is 11.8 Å². The van der Waals surface area contributed by atoms with Gasteiger partial charge in [0.1, 0.15) is 11.9 Å². The summed E-state index contributed by atoms with van der Waals surface area (Å²) in [4.78, 5) is 9.13. The fourth-order valence-electron chi connectivity index (χ4n) is 3.48. The highest BCUT2D eigenvalue weighted by molar-refractivity contribution is 14.0. The highest BCUT2D eigenvalue weighted by atomic mass is 127. The van der Waals surface area contributed by atoms with E-state index in [1.54, 1.807) is 17.1 Å². The van der Waals surface area contributed by atoms with E-state index in [9.17, 15) is 0 Å². The normalized spacial score (nSPS) is 15.7. The summed E-state index contributed by atoms with van der Waals surface area (Å²) in [6.45, 7) is 7.47. The molecule has 33 heavy (non-hydrogen) atoms. The Morgan fingerprint density at radius 2 is 2.15 bits per heavy atom. The van der Waals surface area contributed by atoms with Crippen molar-refractivity contribution in [2.75, 3.05) is 19.8 Å². The van der Waals surface area contributed by atoms with E-state index in [4.69, 9.17) is 14.5 Å². The largest absolute Gasteiger partial charge is 0.488 e. The zero-order valence-corrected chi connectivity index (χ0v) is 21.4. The molecule has 0 radical (unpaired) electrons. The molecule has 0 bridgehead atoms. The number of benzene rings is 1. The van der Waals surface area contributed by atoms with E-state index in [1.807, 2.05) is 24.4 Å². The van der Waals surface area contributed by atoms with Crippen LogP contribution >= 0.6 is 24.0 Å². The van der Waals surface area contributed by atoms with Crippen LogP contribution in [0.1, 0.15) is 30.0 Å². The molecule has 0 amide bonds. The van der Waals surface area contributed by atoms with Crippen molar-refractivity contribution in [1.29, 1.82) is 0 Å². The first-order chi connectivity index (χ1) is 15.7. The number of aromatic nitrogens is 3. The van der Waals surface area contributed by atoms with Gasteiger partial charge >= 0.3 is 0 Å². The van der Waals surface area contributed by atoms with Crippen LogP contribution in [0.5, 0.6) is 5.75 Å². The van der Waals surface area contributed by atoms with Crippen LogP contribution in [0.3, 0.4) is 0 Å². The molecule has 2 N–H and O–H groups in total. The third-order valence-corrected chi connectivity index (χ3v) is 5.16. The van der Waals surface area contributed by atoms with Gasteiger partial charge < -0.3 is 20.1 Å². The van der Waals surface area contributed by atoms with Crippen LogP contribution in [0.2, 0.25) is 0 Å². The average molecular weight is 562 g/mol. The zero-order chi connectivity index (χ0) is 22.2. The van der Waals surface area contributed by atoms with Crippen molar-refractivity contribution >= 4 is 29.9 Å². The number of guanidine groups is 1. The van der Waals surface area contributed by atoms with Crippen LogP contribution < -0.4 is 15.4 Å². The first-order valence-electron chi connectivity index (χ1n) is 11.0. The van der Waals surface area contributed by atoms with E-state index in [2.05, 4.69) is 52.8 Å². The Morgan fingerprint density at radius 3 is 2.91 bits per heavy atom. The molecule has 176 valence electrons. The number of aliphatic imine (C=N–C) groups is 1. The van der Waals surface area contributed by atoms with E-state index >= 15 is 0 Å². The lowest BCUT2D eigenvalue weighted by Gasteiger charge is -2.18. The Hall–Kier alpha value is -2.66. The summed E-state index contributed by atoms with van der Waals surface area (Å²) in [5, 5.41) is 11.0. The van der Waals surface area contributed by atoms with Gasteiger partial charge in [-0.15, -0.1) is 24.0 Å². The Morgan fingerprint density at radius 1 is 1.24 bits per heavy atom. The van der Waals surface area contributed by atoms with Crippen molar-refractivity contribution in [1.82, 2.24) is 25.4 Å². The molecular weight excluding hydrogens is 531 g/mol. The third-order valence-electron chi connectivity index (χ3n) is 5.16. The van der Waals surface area contributed by atoms with Crippen molar-refractivity contribution in [3.8, 4) is 11.6 Å². The number of halogens is 1. The van der Waals surface area contributed by atoms with Gasteiger partial charge in [-0.3, -0.25) is 0 Å². The molecule has 0 aliphatic carbocycles. The summed E-state index contributed by atoms with van der Waals surface area (Å²) in [5.41, 5.74) is 3.33. The minimum Gasteiger partial charge on any atom is -0.488 e. The number of rotatable bonds is 8. The fourth-order valence-corrected chi connectivity index (χ4v) is 3.48. The minimum absolute atomic E-state index is 0. The highest BCUT2D eigenvalue weighted by Gasteiger charge is 2.18. The Labute approximate surface area is 211 Å². The molecule has 4 rings (SSSR count). The van der Waals surface area contributed by atoms with Gasteiger partial charge in [-0.25, -0.2) is 14.7 Å². The first kappa shape index (κ1) is 25.0. The second-order valence-corrected chi connectivity index (χ2v) is 7.74. The lowest BCUT2D eigenvalue weighted by atomic mass is 10.1. The number of aryl methyl sites for hydroxylation is 1. The first-order valence-corrected chi connectivity index (χ1v) is 11.0. The van der Waals surface area contributed by atoms with E-state index in [0.717, 1.165) is 48.2 Å². The molecule has 1 saturated heterocycles. The molecule has 3 aromatic rings. The maximum atomic E-state index is 6.22. The Bertz CT molecular complexity index is 1040. The molecule has 3 heterocycles. The number of hydrogen-bond acceptors (Lipinski definition) is 5. The van der Waals surface area contributed by atoms with Gasteiger partial charge in [0.05, 0.1) is 19.8 Å². The van der Waals surface area contributed by atoms with Gasteiger partial charge in [-0.05, 0) is 49.2 Å². The topological polar surface area (TPSA) is 85.6 Å². The summed E-state index contributed by atoms with van der Waals surface area (Å²) in [6, 6.07) is 12.1. The van der Waals surface area contributed by atoms with Crippen LogP contribution in [-0.4, -0.2) is 46.6 Å². The van der Waals surface area contributed by atoms with Crippen LogP contribution in [0.4, 0.5) is 0 Å². The summed E-state index contributed by atoms with van der Waals surface area (Å²) < 4.78 is 13.4. The zero-order valence-electron chi connectivity index (χ0n) is 19.0. The van der Waals surface area contributed by atoms with E-state index in [1.165, 1.54) is 5.56 Å². The summed E-state index contributed by atoms with van der Waals surface area (Å²) in [6.07, 6.45) is 6.44. The lowest BCUT2D eigenvalue weighted by molar-refractivity contribution is 0.140. The molecule has 1 unspecified atom stereocenters. The van der Waals surface area contributed by atoms with Crippen molar-refractivity contribution < 1.29 is 9.47 Å². The van der Waals surface area contributed by atoms with Crippen LogP contribution in [0.25, 0.3) is 5.82 Å². The quantitative estimate of drug-likeness (QED) is 0.248. The third kappa shape index (κ3) is 7.16. The van der Waals surface area contributed by atoms with E-state index in [-0.39, 0.29) is 30.1 Å². The molecule has 1 fully saturated rings. The van der Waals surface area contributed by atoms with Gasteiger partial charge in [-0.1, -0.05) is 12.1 Å². The van der Waals surface area contributed by atoms with Gasteiger partial charge in [0.2, 0.25) is 0 Å². The van der Waals surface area contributed by atoms with Crippen molar-refractivity contribution in [2.45, 2.75) is 39.5 Å². The Balaban J connectivity index is 0.00000306. The molecule has 8 nitrogen and oxygen atoms in total. The standard InChI is InChI=1S/C24H30N6O2.HI/c1-3-25-24(27-15-19-7-10-26-23(14-19)30-11-4-9-29-30)28-16-20-6-5-18(2)13-22(20)32-21-8-12-31-17-21;/h4-7,9-11,13-14,21H,3,8,12,15-17H2,1-2H3,(H2,25,27,28);1H. The molecule has 0 spiro atoms. The number of ether oxygens (including phenoxy) is 2. The predicted octanol–water partition coefficient (Wildman–Crippen LogP) is 3.62. The molecule has 9 heteroatoms. The second kappa shape index (κ2) is 12.5. The fraction of sp³-hybridized carbons (Fsp3) is 0.375. The van der Waals surface area contributed by atoms with Crippen molar-refractivity contribution in [3.63, 3.8) is 0 Å². The monoisotopic (exact) mass is 562 g/mol.